The van der Waals surface area contributed by atoms with Crippen LogP contribution in [0.4, 0.5) is 0 Å². The van der Waals surface area contributed by atoms with E-state index in [4.69, 9.17) is 0 Å². The predicted molar refractivity (Wildman–Crippen MR) is 103 cm³/mol. The molecule has 0 bridgehead atoms. The third kappa shape index (κ3) is 5.70. The molecule has 0 spiro atoms. The van der Waals surface area contributed by atoms with Crippen LogP contribution in [0.2, 0.25) is 0 Å². The highest BCUT2D eigenvalue weighted by Crippen LogP contribution is 2.29. The minimum Gasteiger partial charge on any atom is -0.346 e. The van der Waals surface area contributed by atoms with Crippen LogP contribution in [0.25, 0.3) is 11.0 Å². The Bertz CT molecular complexity index is 634. The van der Waals surface area contributed by atoms with E-state index in [2.05, 4.69) is 63.3 Å². The van der Waals surface area contributed by atoms with E-state index in [1.807, 2.05) is 18.5 Å². The molecule has 1 unspecified atom stereocenters. The molecule has 0 fully saturated rings. The molecule has 2 aromatic rings. The van der Waals surface area contributed by atoms with Crippen LogP contribution in [0.3, 0.4) is 0 Å². The second-order valence-electron chi connectivity index (χ2n) is 6.26. The van der Waals surface area contributed by atoms with E-state index in [0.29, 0.717) is 5.92 Å². The highest BCUT2D eigenvalue weighted by Gasteiger charge is 2.12. The first-order chi connectivity index (χ1) is 11.0. The fraction of sp³-hybridized carbons (Fsp3) is 0.476. The summed E-state index contributed by atoms with van der Waals surface area (Å²) < 4.78 is 0. The smallest absolute Gasteiger partial charge is 0.137 e. The molecule has 0 aromatic carbocycles. The van der Waals surface area contributed by atoms with E-state index in [9.17, 15) is 0 Å². The first-order valence-electron chi connectivity index (χ1n) is 8.70. The molecule has 2 heteroatoms. The van der Waals surface area contributed by atoms with Crippen LogP contribution >= 0.6 is 0 Å². The van der Waals surface area contributed by atoms with Gasteiger partial charge >= 0.3 is 0 Å². The number of fused-ring (bicyclic) bond motifs is 1. The van der Waals surface area contributed by atoms with Crippen LogP contribution in [0.5, 0.6) is 0 Å². The van der Waals surface area contributed by atoms with Crippen molar-refractivity contribution in [3.05, 3.63) is 53.9 Å². The fourth-order valence-corrected chi connectivity index (χ4v) is 2.75. The average Bonchev–Trinajstić information content (AvgIpc) is 3.01. The Kier molecular flexibility index (Phi) is 8.39. The van der Waals surface area contributed by atoms with E-state index in [0.717, 1.165) is 12.1 Å². The lowest BCUT2D eigenvalue weighted by atomic mass is 9.92. The monoisotopic (exact) mass is 312 g/mol. The molecule has 0 aliphatic rings. The third-order valence-electron chi connectivity index (χ3n) is 4.26. The van der Waals surface area contributed by atoms with Gasteiger partial charge in [-0.1, -0.05) is 38.0 Å². The second-order valence-corrected chi connectivity index (χ2v) is 6.26. The summed E-state index contributed by atoms with van der Waals surface area (Å²) in [5, 5.41) is 1.24. The quantitative estimate of drug-likeness (QED) is 0.591. The van der Waals surface area contributed by atoms with Gasteiger partial charge in [-0.25, -0.2) is 4.98 Å². The Balaban J connectivity index is 0.000000284. The standard InChI is InChI=1S/C13H16N2.C8H16/c1-4-5-9(2)12-10(3)8-15-13-11(12)6-7-14-13;1-4-6-7-8(3)5-2/h4,6-9H,1,5H2,2-3H3,(H,14,15);5H,4,6-7H2,1-3H3/b;8-5-. The molecule has 0 aliphatic heterocycles. The second kappa shape index (κ2) is 10.0. The molecule has 0 radical (unpaired) electrons. The number of rotatable bonds is 6. The zero-order valence-corrected chi connectivity index (χ0v) is 15.4. The van der Waals surface area contributed by atoms with E-state index in [1.54, 1.807) is 0 Å². The zero-order valence-electron chi connectivity index (χ0n) is 15.4. The molecule has 2 heterocycles. The molecule has 2 nitrogen and oxygen atoms in total. The Morgan fingerprint density at radius 1 is 1.43 bits per heavy atom. The van der Waals surface area contributed by atoms with Gasteiger partial charge in [-0.2, -0.15) is 0 Å². The van der Waals surface area contributed by atoms with Crippen LogP contribution < -0.4 is 0 Å². The number of allylic oxidation sites excluding steroid dienone is 3. The highest BCUT2D eigenvalue weighted by atomic mass is 14.8. The van der Waals surface area contributed by atoms with Crippen molar-refractivity contribution in [2.45, 2.75) is 66.2 Å². The van der Waals surface area contributed by atoms with Crippen molar-refractivity contribution in [2.24, 2.45) is 0 Å². The molecule has 0 aliphatic carbocycles. The first-order valence-corrected chi connectivity index (χ1v) is 8.70. The molecule has 0 saturated heterocycles. The summed E-state index contributed by atoms with van der Waals surface area (Å²) in [6.07, 6.45) is 13.0. The summed E-state index contributed by atoms with van der Waals surface area (Å²) in [4.78, 5) is 7.51. The maximum atomic E-state index is 4.36. The van der Waals surface area contributed by atoms with Gasteiger partial charge in [0.05, 0.1) is 0 Å². The third-order valence-corrected chi connectivity index (χ3v) is 4.26. The molecule has 0 saturated carbocycles. The number of hydrogen-bond acceptors (Lipinski definition) is 1. The topological polar surface area (TPSA) is 28.7 Å². The summed E-state index contributed by atoms with van der Waals surface area (Å²) in [5.41, 5.74) is 5.15. The number of aryl methyl sites for hydroxylation is 1. The van der Waals surface area contributed by atoms with Crippen molar-refractivity contribution in [1.29, 1.82) is 0 Å². The first kappa shape index (κ1) is 19.2. The summed E-state index contributed by atoms with van der Waals surface area (Å²) in [6.45, 7) is 14.7. The van der Waals surface area contributed by atoms with E-state index >= 15 is 0 Å². The lowest BCUT2D eigenvalue weighted by molar-refractivity contribution is 0.781. The molecule has 2 rings (SSSR count). The largest absolute Gasteiger partial charge is 0.346 e. The fourth-order valence-electron chi connectivity index (χ4n) is 2.75. The maximum Gasteiger partial charge on any atom is 0.137 e. The molecular weight excluding hydrogens is 280 g/mol. The van der Waals surface area contributed by atoms with Gasteiger partial charge in [0.2, 0.25) is 0 Å². The van der Waals surface area contributed by atoms with Crippen molar-refractivity contribution < 1.29 is 0 Å². The molecule has 23 heavy (non-hydrogen) atoms. The number of hydrogen-bond donors (Lipinski definition) is 1. The van der Waals surface area contributed by atoms with Gasteiger partial charge in [0.25, 0.3) is 0 Å². The summed E-state index contributed by atoms with van der Waals surface area (Å²) in [7, 11) is 0. The van der Waals surface area contributed by atoms with Gasteiger partial charge in [-0.3, -0.25) is 0 Å². The Labute approximate surface area is 141 Å². The Morgan fingerprint density at radius 2 is 2.17 bits per heavy atom. The van der Waals surface area contributed by atoms with E-state index in [1.165, 1.54) is 41.3 Å². The van der Waals surface area contributed by atoms with Crippen LogP contribution in [0.15, 0.2) is 42.8 Å². The van der Waals surface area contributed by atoms with Crippen molar-refractivity contribution in [2.75, 3.05) is 0 Å². The number of unbranched alkanes of at least 4 members (excludes halogenated alkanes) is 1. The molecule has 126 valence electrons. The molecule has 0 amide bonds. The van der Waals surface area contributed by atoms with Crippen LogP contribution in [0.1, 0.15) is 70.4 Å². The van der Waals surface area contributed by atoms with Crippen LogP contribution in [-0.4, -0.2) is 9.97 Å². The van der Waals surface area contributed by atoms with Gasteiger partial charge in [0.15, 0.2) is 0 Å². The average molecular weight is 313 g/mol. The normalized spacial score (nSPS) is 12.7. The maximum absolute atomic E-state index is 4.36. The lowest BCUT2D eigenvalue weighted by Gasteiger charge is -2.13. The van der Waals surface area contributed by atoms with Crippen molar-refractivity contribution >= 4 is 11.0 Å². The predicted octanol–water partition coefficient (Wildman–Crippen LogP) is 6.69. The number of aromatic nitrogens is 2. The Hall–Kier alpha value is -1.83. The molecule has 1 N–H and O–H groups in total. The minimum absolute atomic E-state index is 0.504. The minimum atomic E-state index is 0.504. The summed E-state index contributed by atoms with van der Waals surface area (Å²) in [6, 6.07) is 2.10. The van der Waals surface area contributed by atoms with E-state index < -0.39 is 0 Å². The SMILES string of the molecule is C/C=C(/C)CCCC.C=CCC(C)c1c(C)cnc2[nH]ccc12. The number of nitrogens with zero attached hydrogens (tertiary/aromatic N) is 1. The lowest BCUT2D eigenvalue weighted by Crippen LogP contribution is -1.97. The summed E-state index contributed by atoms with van der Waals surface area (Å²) in [5.74, 6) is 0.504. The molecular formula is C21H32N2. The number of H-pyrrole nitrogens is 1. The molecule has 2 aromatic heterocycles. The van der Waals surface area contributed by atoms with Gasteiger partial charge in [-0.15, -0.1) is 6.58 Å². The van der Waals surface area contributed by atoms with Crippen molar-refractivity contribution in [3.8, 4) is 0 Å². The van der Waals surface area contributed by atoms with Crippen LogP contribution in [-0.2, 0) is 0 Å². The van der Waals surface area contributed by atoms with Crippen molar-refractivity contribution in [1.82, 2.24) is 9.97 Å². The van der Waals surface area contributed by atoms with Gasteiger partial charge in [0.1, 0.15) is 5.65 Å². The van der Waals surface area contributed by atoms with Crippen LogP contribution in [0, 0.1) is 6.92 Å². The van der Waals surface area contributed by atoms with Gasteiger partial charge < -0.3 is 4.98 Å². The zero-order chi connectivity index (χ0) is 17.2. The van der Waals surface area contributed by atoms with Gasteiger partial charge in [0, 0.05) is 17.8 Å². The Morgan fingerprint density at radius 3 is 2.78 bits per heavy atom. The van der Waals surface area contributed by atoms with Gasteiger partial charge in [-0.05, 0) is 63.1 Å². The highest BCUT2D eigenvalue weighted by molar-refractivity contribution is 5.81. The number of nitrogens with one attached hydrogen (secondary N) is 1. The van der Waals surface area contributed by atoms with Crippen molar-refractivity contribution in [3.63, 3.8) is 0 Å². The summed E-state index contributed by atoms with van der Waals surface area (Å²) >= 11 is 0. The molecule has 1 atom stereocenters. The number of pyridine rings is 1. The van der Waals surface area contributed by atoms with E-state index in [-0.39, 0.29) is 0 Å². The number of aromatic amines is 1.